The molecule has 1 aliphatic heterocycles. The van der Waals surface area contributed by atoms with Crippen molar-refractivity contribution in [2.45, 2.75) is 38.3 Å². The Bertz CT molecular complexity index is 469. The number of carboxylic acids is 1. The summed E-state index contributed by atoms with van der Waals surface area (Å²) >= 11 is 0. The van der Waals surface area contributed by atoms with Crippen LogP contribution in [0.5, 0.6) is 0 Å². The number of aliphatic hydroxyl groups is 1. The molecule has 7 nitrogen and oxygen atoms in total. The van der Waals surface area contributed by atoms with Gasteiger partial charge in [0.15, 0.2) is 0 Å². The van der Waals surface area contributed by atoms with Gasteiger partial charge in [0.1, 0.15) is 24.0 Å². The Morgan fingerprint density at radius 2 is 2.35 bits per heavy atom. The van der Waals surface area contributed by atoms with Crippen LogP contribution in [0.15, 0.2) is 12.4 Å². The SMILES string of the molecule is CC(Nc1cc(N2CCCCC2CO)ncn1)C(=O)O. The lowest BCUT2D eigenvalue weighted by molar-refractivity contribution is -0.137. The maximum atomic E-state index is 10.8. The second-order valence-corrected chi connectivity index (χ2v) is 4.99. The Labute approximate surface area is 117 Å². The molecule has 1 fully saturated rings. The first kappa shape index (κ1) is 14.5. The highest BCUT2D eigenvalue weighted by Gasteiger charge is 2.23. The topological polar surface area (TPSA) is 98.6 Å². The fourth-order valence-electron chi connectivity index (χ4n) is 2.36. The van der Waals surface area contributed by atoms with Crippen LogP contribution in [0.4, 0.5) is 11.6 Å². The second kappa shape index (κ2) is 6.51. The van der Waals surface area contributed by atoms with Crippen molar-refractivity contribution in [3.63, 3.8) is 0 Å². The van der Waals surface area contributed by atoms with Crippen molar-refractivity contribution in [1.82, 2.24) is 9.97 Å². The van der Waals surface area contributed by atoms with E-state index < -0.39 is 12.0 Å². The number of hydrogen-bond donors (Lipinski definition) is 3. The van der Waals surface area contributed by atoms with Gasteiger partial charge in [-0.3, -0.25) is 4.79 Å². The maximum absolute atomic E-state index is 10.8. The third-order valence-corrected chi connectivity index (χ3v) is 3.52. The number of hydrogen-bond acceptors (Lipinski definition) is 6. The number of aromatic nitrogens is 2. The first-order valence-electron chi connectivity index (χ1n) is 6.80. The van der Waals surface area contributed by atoms with Gasteiger partial charge in [-0.25, -0.2) is 9.97 Å². The van der Waals surface area contributed by atoms with E-state index in [-0.39, 0.29) is 12.6 Å². The molecule has 0 radical (unpaired) electrons. The highest BCUT2D eigenvalue weighted by Crippen LogP contribution is 2.24. The van der Waals surface area contributed by atoms with Crippen LogP contribution in [0.2, 0.25) is 0 Å². The van der Waals surface area contributed by atoms with Crippen LogP contribution in [-0.2, 0) is 4.79 Å². The smallest absolute Gasteiger partial charge is 0.325 e. The Hall–Kier alpha value is -1.89. The van der Waals surface area contributed by atoms with E-state index in [1.807, 2.05) is 0 Å². The molecule has 20 heavy (non-hydrogen) atoms. The number of piperidine rings is 1. The fourth-order valence-corrected chi connectivity index (χ4v) is 2.36. The number of nitrogens with one attached hydrogen (secondary N) is 1. The number of anilines is 2. The van der Waals surface area contributed by atoms with Crippen LogP contribution in [-0.4, -0.2) is 51.4 Å². The van der Waals surface area contributed by atoms with Crippen molar-refractivity contribution in [2.24, 2.45) is 0 Å². The molecule has 3 N–H and O–H groups in total. The standard InChI is InChI=1S/C13H20N4O3/c1-9(13(19)20)16-11-6-12(15-8-14-11)17-5-3-2-4-10(17)7-18/h6,8-10,18H,2-5,7H2,1H3,(H,19,20)(H,14,15,16). The third-order valence-electron chi connectivity index (χ3n) is 3.52. The number of nitrogens with zero attached hydrogens (tertiary/aromatic N) is 3. The van der Waals surface area contributed by atoms with E-state index in [2.05, 4.69) is 20.2 Å². The van der Waals surface area contributed by atoms with Gasteiger partial charge in [0, 0.05) is 12.6 Å². The molecular weight excluding hydrogens is 260 g/mol. The van der Waals surface area contributed by atoms with Gasteiger partial charge in [-0.1, -0.05) is 0 Å². The molecular formula is C13H20N4O3. The summed E-state index contributed by atoms with van der Waals surface area (Å²) in [6, 6.07) is 1.09. The lowest BCUT2D eigenvalue weighted by atomic mass is 10.0. The van der Waals surface area contributed by atoms with Gasteiger partial charge in [-0.2, -0.15) is 0 Å². The molecule has 1 saturated heterocycles. The molecule has 110 valence electrons. The molecule has 2 rings (SSSR count). The number of carboxylic acid groups (broad SMARTS) is 1. The molecule has 2 heterocycles. The highest BCUT2D eigenvalue weighted by molar-refractivity contribution is 5.76. The zero-order valence-electron chi connectivity index (χ0n) is 11.5. The average molecular weight is 280 g/mol. The van der Waals surface area contributed by atoms with Crippen molar-refractivity contribution >= 4 is 17.6 Å². The van der Waals surface area contributed by atoms with Crippen LogP contribution < -0.4 is 10.2 Å². The molecule has 0 saturated carbocycles. The Morgan fingerprint density at radius 1 is 1.55 bits per heavy atom. The van der Waals surface area contributed by atoms with Crippen LogP contribution >= 0.6 is 0 Å². The molecule has 1 aromatic heterocycles. The van der Waals surface area contributed by atoms with Gasteiger partial charge in [-0.15, -0.1) is 0 Å². The van der Waals surface area contributed by atoms with Gasteiger partial charge in [0.05, 0.1) is 12.6 Å². The lowest BCUT2D eigenvalue weighted by Gasteiger charge is -2.35. The van der Waals surface area contributed by atoms with Gasteiger partial charge in [0.2, 0.25) is 0 Å². The van der Waals surface area contributed by atoms with Crippen molar-refractivity contribution in [3.8, 4) is 0 Å². The van der Waals surface area contributed by atoms with Gasteiger partial charge < -0.3 is 20.4 Å². The first-order chi connectivity index (χ1) is 9.61. The van der Waals surface area contributed by atoms with E-state index in [1.54, 1.807) is 13.0 Å². The number of rotatable bonds is 5. The third kappa shape index (κ3) is 3.36. The minimum atomic E-state index is -0.934. The molecule has 7 heteroatoms. The van der Waals surface area contributed by atoms with E-state index in [9.17, 15) is 9.90 Å². The highest BCUT2D eigenvalue weighted by atomic mass is 16.4. The molecule has 0 aliphatic carbocycles. The molecule has 0 bridgehead atoms. The molecule has 1 aliphatic rings. The predicted octanol–water partition coefficient (Wildman–Crippen LogP) is 0.713. The van der Waals surface area contributed by atoms with E-state index in [4.69, 9.17) is 5.11 Å². The first-order valence-corrected chi connectivity index (χ1v) is 6.80. The monoisotopic (exact) mass is 280 g/mol. The van der Waals surface area contributed by atoms with E-state index in [1.165, 1.54) is 6.33 Å². The van der Waals surface area contributed by atoms with E-state index >= 15 is 0 Å². The summed E-state index contributed by atoms with van der Waals surface area (Å²) in [7, 11) is 0. The number of aliphatic carboxylic acids is 1. The normalized spacial score (nSPS) is 20.5. The second-order valence-electron chi connectivity index (χ2n) is 4.99. The van der Waals surface area contributed by atoms with Crippen LogP contribution in [0, 0.1) is 0 Å². The zero-order chi connectivity index (χ0) is 14.5. The lowest BCUT2D eigenvalue weighted by Crippen LogP contribution is -2.42. The Morgan fingerprint density at radius 3 is 3.05 bits per heavy atom. The number of carbonyl (C=O) groups is 1. The molecule has 1 aromatic rings. The van der Waals surface area contributed by atoms with Crippen LogP contribution in [0.1, 0.15) is 26.2 Å². The summed E-state index contributed by atoms with van der Waals surface area (Å²) in [5.74, 6) is 0.266. The summed E-state index contributed by atoms with van der Waals surface area (Å²) in [6.45, 7) is 2.50. The molecule has 0 amide bonds. The van der Waals surface area contributed by atoms with Crippen LogP contribution in [0.25, 0.3) is 0 Å². The summed E-state index contributed by atoms with van der Waals surface area (Å²) in [4.78, 5) is 21.2. The summed E-state index contributed by atoms with van der Waals surface area (Å²) in [5.41, 5.74) is 0. The van der Waals surface area contributed by atoms with Gasteiger partial charge in [-0.05, 0) is 26.2 Å². The molecule has 0 spiro atoms. The minimum Gasteiger partial charge on any atom is -0.480 e. The zero-order valence-corrected chi connectivity index (χ0v) is 11.5. The van der Waals surface area contributed by atoms with Crippen molar-refractivity contribution < 1.29 is 15.0 Å². The van der Waals surface area contributed by atoms with E-state index in [0.29, 0.717) is 5.82 Å². The summed E-state index contributed by atoms with van der Waals surface area (Å²) in [5, 5.41) is 21.1. The van der Waals surface area contributed by atoms with Crippen molar-refractivity contribution in [3.05, 3.63) is 12.4 Å². The van der Waals surface area contributed by atoms with Crippen LogP contribution in [0.3, 0.4) is 0 Å². The maximum Gasteiger partial charge on any atom is 0.325 e. The molecule has 0 aromatic carbocycles. The quantitative estimate of drug-likeness (QED) is 0.730. The Balaban J connectivity index is 2.14. The predicted molar refractivity (Wildman–Crippen MR) is 74.8 cm³/mol. The van der Waals surface area contributed by atoms with Gasteiger partial charge >= 0.3 is 5.97 Å². The van der Waals surface area contributed by atoms with Crippen molar-refractivity contribution in [1.29, 1.82) is 0 Å². The van der Waals surface area contributed by atoms with E-state index in [0.717, 1.165) is 31.6 Å². The largest absolute Gasteiger partial charge is 0.480 e. The average Bonchev–Trinajstić information content (AvgIpc) is 2.47. The summed E-state index contributed by atoms with van der Waals surface area (Å²) in [6.07, 6.45) is 4.52. The molecule has 2 atom stereocenters. The van der Waals surface area contributed by atoms with Crippen molar-refractivity contribution in [2.75, 3.05) is 23.4 Å². The molecule has 2 unspecified atom stereocenters. The fraction of sp³-hybridized carbons (Fsp3) is 0.615. The summed E-state index contributed by atoms with van der Waals surface area (Å²) < 4.78 is 0. The number of aliphatic hydroxyl groups excluding tert-OH is 1. The minimum absolute atomic E-state index is 0.0726. The van der Waals surface area contributed by atoms with Gasteiger partial charge in [0.25, 0.3) is 0 Å². The Kier molecular flexibility index (Phi) is 4.73.